The molecule has 20 heavy (non-hydrogen) atoms. The molecule has 0 fully saturated rings. The Balaban J connectivity index is 2.25. The monoisotopic (exact) mass is 271 g/mol. The Bertz CT molecular complexity index is 826. The summed E-state index contributed by atoms with van der Waals surface area (Å²) < 4.78 is 14.8. The predicted octanol–water partition coefficient (Wildman–Crippen LogP) is 2.57. The van der Waals surface area contributed by atoms with Gasteiger partial charge < -0.3 is 5.11 Å². The van der Waals surface area contributed by atoms with E-state index < -0.39 is 5.97 Å². The van der Waals surface area contributed by atoms with Crippen molar-refractivity contribution in [1.82, 2.24) is 14.8 Å². The molecule has 2 aromatic heterocycles. The van der Waals surface area contributed by atoms with Gasteiger partial charge in [-0.05, 0) is 31.2 Å². The van der Waals surface area contributed by atoms with E-state index in [4.69, 9.17) is 5.11 Å². The highest BCUT2D eigenvalue weighted by Gasteiger charge is 2.13. The Kier molecular flexibility index (Phi) is 2.71. The third-order valence-corrected chi connectivity index (χ3v) is 3.01. The molecule has 100 valence electrons. The molecule has 0 spiro atoms. The van der Waals surface area contributed by atoms with Gasteiger partial charge in [-0.2, -0.15) is 5.10 Å². The molecular formula is C14H10FN3O2. The lowest BCUT2D eigenvalue weighted by Crippen LogP contribution is -2.00. The number of halogens is 1. The summed E-state index contributed by atoms with van der Waals surface area (Å²) in [5, 5.41) is 13.9. The summed E-state index contributed by atoms with van der Waals surface area (Å²) in [6.45, 7) is 1.76. The maximum atomic E-state index is 13.3. The molecule has 1 N–H and O–H groups in total. The second-order valence-corrected chi connectivity index (χ2v) is 4.38. The maximum absolute atomic E-state index is 13.3. The number of nitrogens with zero attached hydrogens (tertiary/aromatic N) is 3. The molecule has 0 aliphatic rings. The maximum Gasteiger partial charge on any atom is 0.337 e. The third-order valence-electron chi connectivity index (χ3n) is 3.01. The molecule has 0 aliphatic carbocycles. The van der Waals surface area contributed by atoms with Crippen LogP contribution in [0.2, 0.25) is 0 Å². The number of hydrogen-bond donors (Lipinski definition) is 1. The van der Waals surface area contributed by atoms with Gasteiger partial charge in [-0.3, -0.25) is 0 Å². The Hall–Kier alpha value is -2.76. The van der Waals surface area contributed by atoms with Gasteiger partial charge in [0.15, 0.2) is 5.65 Å². The summed E-state index contributed by atoms with van der Waals surface area (Å²) in [5.41, 5.74) is 1.77. The van der Waals surface area contributed by atoms with Gasteiger partial charge in [0, 0.05) is 11.6 Å². The van der Waals surface area contributed by atoms with E-state index in [1.54, 1.807) is 19.1 Å². The van der Waals surface area contributed by atoms with Crippen LogP contribution in [0.5, 0.6) is 0 Å². The molecule has 0 radical (unpaired) electrons. The number of carboxylic acid groups (broad SMARTS) is 1. The lowest BCUT2D eigenvalue weighted by Gasteiger charge is -2.02. The number of carboxylic acids is 1. The number of carbonyl (C=O) groups is 1. The van der Waals surface area contributed by atoms with Crippen LogP contribution in [0.4, 0.5) is 4.39 Å². The van der Waals surface area contributed by atoms with Crippen LogP contribution >= 0.6 is 0 Å². The lowest BCUT2D eigenvalue weighted by molar-refractivity contribution is 0.0696. The van der Waals surface area contributed by atoms with E-state index in [9.17, 15) is 9.18 Å². The molecule has 6 heteroatoms. The summed E-state index contributed by atoms with van der Waals surface area (Å²) in [6.07, 6.45) is 1.27. The molecular weight excluding hydrogens is 261 g/mol. The molecule has 0 saturated carbocycles. The fourth-order valence-corrected chi connectivity index (χ4v) is 2.05. The minimum atomic E-state index is -1.04. The summed E-state index contributed by atoms with van der Waals surface area (Å²) in [5.74, 6) is -1.41. The number of aromatic carboxylic acids is 1. The van der Waals surface area contributed by atoms with Gasteiger partial charge in [0.2, 0.25) is 0 Å². The van der Waals surface area contributed by atoms with Crippen molar-refractivity contribution in [3.63, 3.8) is 0 Å². The van der Waals surface area contributed by atoms with E-state index in [1.165, 1.54) is 29.1 Å². The quantitative estimate of drug-likeness (QED) is 0.777. The topological polar surface area (TPSA) is 68.0 Å². The number of aryl methyl sites for hydroxylation is 1. The number of rotatable bonds is 2. The summed E-state index contributed by atoms with van der Waals surface area (Å²) >= 11 is 0. The molecule has 1 aromatic carbocycles. The standard InChI is InChI=1S/C14H10FN3O2/c1-8-12-5-9(14(19)20)7-16-13(12)18(17-8)11-4-2-3-10(15)6-11/h2-7H,1H3,(H,19,20). The van der Waals surface area contributed by atoms with Crippen molar-refractivity contribution >= 4 is 17.0 Å². The second-order valence-electron chi connectivity index (χ2n) is 4.38. The zero-order valence-corrected chi connectivity index (χ0v) is 10.5. The zero-order chi connectivity index (χ0) is 14.3. The van der Waals surface area contributed by atoms with Crippen LogP contribution in [-0.2, 0) is 0 Å². The number of benzene rings is 1. The number of aromatic nitrogens is 3. The Labute approximate surface area is 113 Å². The molecule has 0 atom stereocenters. The fraction of sp³-hybridized carbons (Fsp3) is 0.0714. The Morgan fingerprint density at radius 1 is 1.35 bits per heavy atom. The van der Waals surface area contributed by atoms with Gasteiger partial charge in [-0.15, -0.1) is 0 Å². The largest absolute Gasteiger partial charge is 0.478 e. The Morgan fingerprint density at radius 3 is 2.85 bits per heavy atom. The van der Waals surface area contributed by atoms with E-state index >= 15 is 0 Å². The van der Waals surface area contributed by atoms with E-state index in [0.29, 0.717) is 22.4 Å². The average molecular weight is 271 g/mol. The smallest absolute Gasteiger partial charge is 0.337 e. The third kappa shape index (κ3) is 1.91. The van der Waals surface area contributed by atoms with Gasteiger partial charge in [-0.1, -0.05) is 6.07 Å². The number of hydrogen-bond acceptors (Lipinski definition) is 3. The minimum absolute atomic E-state index is 0.0967. The predicted molar refractivity (Wildman–Crippen MR) is 70.5 cm³/mol. The van der Waals surface area contributed by atoms with Gasteiger partial charge >= 0.3 is 5.97 Å². The van der Waals surface area contributed by atoms with Crippen molar-refractivity contribution in [2.24, 2.45) is 0 Å². The van der Waals surface area contributed by atoms with E-state index in [-0.39, 0.29) is 11.4 Å². The molecule has 0 unspecified atom stereocenters. The van der Waals surface area contributed by atoms with Crippen LogP contribution in [0.1, 0.15) is 16.1 Å². The van der Waals surface area contributed by atoms with Crippen molar-refractivity contribution in [3.05, 3.63) is 53.6 Å². The number of fused-ring (bicyclic) bond motifs is 1. The van der Waals surface area contributed by atoms with Crippen molar-refractivity contribution < 1.29 is 14.3 Å². The van der Waals surface area contributed by atoms with Crippen LogP contribution in [0, 0.1) is 12.7 Å². The SMILES string of the molecule is Cc1nn(-c2cccc(F)c2)c2ncc(C(=O)O)cc12. The van der Waals surface area contributed by atoms with Crippen molar-refractivity contribution in [3.8, 4) is 5.69 Å². The average Bonchev–Trinajstić information content (AvgIpc) is 2.76. The first-order valence-corrected chi connectivity index (χ1v) is 5.91. The van der Waals surface area contributed by atoms with Crippen LogP contribution in [0.3, 0.4) is 0 Å². The van der Waals surface area contributed by atoms with E-state index in [0.717, 1.165) is 0 Å². The minimum Gasteiger partial charge on any atom is -0.478 e. The van der Waals surface area contributed by atoms with Gasteiger partial charge in [-0.25, -0.2) is 18.9 Å². The van der Waals surface area contributed by atoms with Crippen molar-refractivity contribution in [2.75, 3.05) is 0 Å². The molecule has 0 bridgehead atoms. The Morgan fingerprint density at radius 2 is 2.15 bits per heavy atom. The molecule has 0 saturated heterocycles. The molecule has 0 aliphatic heterocycles. The fourth-order valence-electron chi connectivity index (χ4n) is 2.05. The molecule has 3 aromatic rings. The summed E-state index contributed by atoms with van der Waals surface area (Å²) in [4.78, 5) is 15.1. The molecule has 5 nitrogen and oxygen atoms in total. The summed E-state index contributed by atoms with van der Waals surface area (Å²) in [7, 11) is 0. The highest BCUT2D eigenvalue weighted by Crippen LogP contribution is 2.21. The number of pyridine rings is 1. The first-order valence-electron chi connectivity index (χ1n) is 5.91. The highest BCUT2D eigenvalue weighted by atomic mass is 19.1. The van der Waals surface area contributed by atoms with E-state index in [1.807, 2.05) is 0 Å². The van der Waals surface area contributed by atoms with Crippen molar-refractivity contribution in [2.45, 2.75) is 6.92 Å². The van der Waals surface area contributed by atoms with Crippen LogP contribution in [0.25, 0.3) is 16.7 Å². The zero-order valence-electron chi connectivity index (χ0n) is 10.5. The van der Waals surface area contributed by atoms with Crippen LogP contribution in [0.15, 0.2) is 36.5 Å². The van der Waals surface area contributed by atoms with Gasteiger partial charge in [0.1, 0.15) is 5.82 Å². The lowest BCUT2D eigenvalue weighted by atomic mass is 10.2. The van der Waals surface area contributed by atoms with E-state index in [2.05, 4.69) is 10.1 Å². The van der Waals surface area contributed by atoms with Crippen LogP contribution < -0.4 is 0 Å². The molecule has 3 rings (SSSR count). The normalized spacial score (nSPS) is 10.9. The summed E-state index contributed by atoms with van der Waals surface area (Å²) in [6, 6.07) is 7.50. The highest BCUT2D eigenvalue weighted by molar-refractivity contribution is 5.92. The van der Waals surface area contributed by atoms with Gasteiger partial charge in [0.05, 0.1) is 16.9 Å². The molecule has 2 heterocycles. The second kappa shape index (κ2) is 4.41. The molecule has 0 amide bonds. The van der Waals surface area contributed by atoms with Gasteiger partial charge in [0.25, 0.3) is 0 Å². The van der Waals surface area contributed by atoms with Crippen LogP contribution in [-0.4, -0.2) is 25.8 Å². The first-order chi connectivity index (χ1) is 9.56. The van der Waals surface area contributed by atoms with Crippen molar-refractivity contribution in [1.29, 1.82) is 0 Å². The first kappa shape index (κ1) is 12.3.